The molecule has 0 aromatic heterocycles. The SMILES string of the molecule is C[C@H]1C(C(=O)NN2CCCCC2)=NN(c2ccc(Cl)cc2Cl)[C@@H]1C1CC=C(Cl)S1. The van der Waals surface area contributed by atoms with E-state index in [0.29, 0.717) is 15.8 Å². The number of allylic oxidation sites excluding steroid dienone is 1. The molecule has 5 nitrogen and oxygen atoms in total. The van der Waals surface area contributed by atoms with E-state index >= 15 is 0 Å². The van der Waals surface area contributed by atoms with Crippen LogP contribution in [0.15, 0.2) is 33.7 Å². The van der Waals surface area contributed by atoms with Gasteiger partial charge in [-0.3, -0.25) is 15.2 Å². The second-order valence-corrected chi connectivity index (χ2v) is 10.3. The Bertz CT molecular complexity index is 856. The summed E-state index contributed by atoms with van der Waals surface area (Å²) < 4.78 is 0.788. The number of halogens is 3. The lowest BCUT2D eigenvalue weighted by Gasteiger charge is -2.31. The molecule has 1 aromatic rings. The van der Waals surface area contributed by atoms with E-state index in [9.17, 15) is 4.79 Å². The van der Waals surface area contributed by atoms with Crippen LogP contribution in [-0.2, 0) is 4.79 Å². The predicted octanol–water partition coefficient (Wildman–Crippen LogP) is 5.28. The standard InChI is InChI=1S/C20H23Cl3N4OS/c1-12-18(20(28)25-26-9-3-2-4-10-26)24-27(15-6-5-13(21)11-14(15)22)19(12)16-7-8-17(23)29-16/h5-6,8,11-12,16,19H,2-4,7,9-10H2,1H3,(H,25,28)/t12-,16?,19-/m0/s1. The lowest BCUT2D eigenvalue weighted by molar-refractivity contribution is -0.120. The molecule has 1 fully saturated rings. The zero-order valence-electron chi connectivity index (χ0n) is 16.1. The minimum Gasteiger partial charge on any atom is -0.284 e. The average molecular weight is 474 g/mol. The van der Waals surface area contributed by atoms with Gasteiger partial charge in [-0.25, -0.2) is 5.01 Å². The Morgan fingerprint density at radius 3 is 2.62 bits per heavy atom. The van der Waals surface area contributed by atoms with Gasteiger partial charge in [-0.15, -0.1) is 11.8 Å². The van der Waals surface area contributed by atoms with Gasteiger partial charge >= 0.3 is 0 Å². The Balaban J connectivity index is 1.62. The molecule has 0 spiro atoms. The van der Waals surface area contributed by atoms with Crippen LogP contribution in [0.5, 0.6) is 0 Å². The summed E-state index contributed by atoms with van der Waals surface area (Å²) in [5.74, 6) is -0.209. The van der Waals surface area contributed by atoms with E-state index in [1.54, 1.807) is 23.9 Å². The van der Waals surface area contributed by atoms with Crippen molar-refractivity contribution in [1.82, 2.24) is 10.4 Å². The fourth-order valence-corrected chi connectivity index (χ4v) is 6.22. The Morgan fingerprint density at radius 1 is 1.21 bits per heavy atom. The number of rotatable bonds is 4. The highest BCUT2D eigenvalue weighted by atomic mass is 35.5. The van der Waals surface area contributed by atoms with Gasteiger partial charge in [0.25, 0.3) is 5.91 Å². The van der Waals surface area contributed by atoms with Crippen molar-refractivity contribution in [2.45, 2.75) is 43.9 Å². The number of anilines is 1. The van der Waals surface area contributed by atoms with Gasteiger partial charge in [0.15, 0.2) is 0 Å². The topological polar surface area (TPSA) is 47.9 Å². The lowest BCUT2D eigenvalue weighted by atomic mass is 9.93. The molecule has 9 heteroatoms. The van der Waals surface area contributed by atoms with E-state index in [2.05, 4.69) is 12.3 Å². The molecule has 1 saturated heterocycles. The number of nitrogens with zero attached hydrogens (tertiary/aromatic N) is 3. The molecule has 1 amide bonds. The van der Waals surface area contributed by atoms with Gasteiger partial charge in [0.2, 0.25) is 0 Å². The fraction of sp³-hybridized carbons (Fsp3) is 0.500. The van der Waals surface area contributed by atoms with E-state index < -0.39 is 0 Å². The third kappa shape index (κ3) is 4.57. The van der Waals surface area contributed by atoms with Crippen molar-refractivity contribution in [2.24, 2.45) is 11.0 Å². The van der Waals surface area contributed by atoms with Crippen molar-refractivity contribution in [3.05, 3.63) is 38.7 Å². The molecule has 1 unspecified atom stereocenters. The van der Waals surface area contributed by atoms with Crippen molar-refractivity contribution in [2.75, 3.05) is 18.1 Å². The van der Waals surface area contributed by atoms with E-state index in [-0.39, 0.29) is 23.1 Å². The second kappa shape index (κ2) is 9.06. The Hall–Kier alpha value is -0.920. The number of nitrogens with one attached hydrogen (secondary N) is 1. The quantitative estimate of drug-likeness (QED) is 0.646. The number of amides is 1. The first-order valence-corrected chi connectivity index (χ1v) is 11.9. The predicted molar refractivity (Wildman–Crippen MR) is 123 cm³/mol. The maximum absolute atomic E-state index is 13.1. The summed E-state index contributed by atoms with van der Waals surface area (Å²) in [6.45, 7) is 3.80. The molecular weight excluding hydrogens is 451 g/mol. The van der Waals surface area contributed by atoms with E-state index in [1.165, 1.54) is 6.42 Å². The summed E-state index contributed by atoms with van der Waals surface area (Å²) in [7, 11) is 0. The van der Waals surface area contributed by atoms with Crippen LogP contribution in [0.2, 0.25) is 10.0 Å². The first-order chi connectivity index (χ1) is 13.9. The summed E-state index contributed by atoms with van der Waals surface area (Å²) in [6, 6.07) is 5.31. The van der Waals surface area contributed by atoms with Gasteiger partial charge in [0.1, 0.15) is 5.71 Å². The third-order valence-electron chi connectivity index (χ3n) is 5.60. The molecule has 4 rings (SSSR count). The van der Waals surface area contributed by atoms with Gasteiger partial charge in [-0.2, -0.15) is 5.10 Å². The molecule has 1 aromatic carbocycles. The Morgan fingerprint density at radius 2 is 1.97 bits per heavy atom. The molecule has 3 aliphatic rings. The molecule has 1 N–H and O–H groups in total. The van der Waals surface area contributed by atoms with Crippen molar-refractivity contribution < 1.29 is 4.79 Å². The van der Waals surface area contributed by atoms with Gasteiger partial charge in [0, 0.05) is 29.3 Å². The number of benzene rings is 1. The molecular formula is C20H23Cl3N4OS. The number of thioether (sulfide) groups is 1. The molecule has 3 heterocycles. The Labute approximate surface area is 190 Å². The normalized spacial score (nSPS) is 27.7. The number of piperidine rings is 1. The number of hydrogen-bond acceptors (Lipinski definition) is 5. The number of hydrazine groups is 1. The zero-order chi connectivity index (χ0) is 20.5. The zero-order valence-corrected chi connectivity index (χ0v) is 19.2. The first kappa shape index (κ1) is 21.3. The molecule has 0 bridgehead atoms. The van der Waals surface area contributed by atoms with E-state index in [4.69, 9.17) is 39.9 Å². The first-order valence-electron chi connectivity index (χ1n) is 9.85. The lowest BCUT2D eigenvalue weighted by Crippen LogP contribution is -2.49. The number of hydrogen-bond donors (Lipinski definition) is 1. The van der Waals surface area contributed by atoms with E-state index in [0.717, 1.165) is 42.4 Å². The molecule has 3 atom stereocenters. The molecule has 0 radical (unpaired) electrons. The number of carbonyl (C=O) groups is 1. The van der Waals surface area contributed by atoms with Gasteiger partial charge < -0.3 is 0 Å². The Kier molecular flexibility index (Phi) is 6.66. The molecule has 156 valence electrons. The minimum absolute atomic E-state index is 0.0340. The van der Waals surface area contributed by atoms with Crippen LogP contribution >= 0.6 is 46.6 Å². The van der Waals surface area contributed by atoms with Crippen molar-refractivity contribution >= 4 is 63.9 Å². The number of carbonyl (C=O) groups excluding carboxylic acids is 1. The van der Waals surface area contributed by atoms with Crippen molar-refractivity contribution in [1.29, 1.82) is 0 Å². The summed E-state index contributed by atoms with van der Waals surface area (Å²) in [5.41, 5.74) is 4.31. The van der Waals surface area contributed by atoms with Crippen LogP contribution in [0.4, 0.5) is 5.69 Å². The van der Waals surface area contributed by atoms with E-state index in [1.807, 2.05) is 22.2 Å². The van der Waals surface area contributed by atoms with Gasteiger partial charge in [-0.1, -0.05) is 54.2 Å². The highest BCUT2D eigenvalue weighted by molar-refractivity contribution is 8.05. The van der Waals surface area contributed by atoms with Crippen molar-refractivity contribution in [3.8, 4) is 0 Å². The van der Waals surface area contributed by atoms with Crippen LogP contribution in [0.1, 0.15) is 32.6 Å². The van der Waals surface area contributed by atoms with Crippen LogP contribution < -0.4 is 10.4 Å². The summed E-state index contributed by atoms with van der Waals surface area (Å²) in [4.78, 5) is 13.1. The maximum Gasteiger partial charge on any atom is 0.282 e. The van der Waals surface area contributed by atoms with Crippen LogP contribution in [-0.4, -0.2) is 41.0 Å². The van der Waals surface area contributed by atoms with Crippen molar-refractivity contribution in [3.63, 3.8) is 0 Å². The smallest absolute Gasteiger partial charge is 0.282 e. The summed E-state index contributed by atoms with van der Waals surface area (Å²) >= 11 is 20.4. The summed E-state index contributed by atoms with van der Waals surface area (Å²) in [5, 5.41) is 9.90. The number of hydrazone groups is 1. The summed E-state index contributed by atoms with van der Waals surface area (Å²) in [6.07, 6.45) is 6.26. The molecule has 29 heavy (non-hydrogen) atoms. The van der Waals surface area contributed by atoms with Crippen LogP contribution in [0.3, 0.4) is 0 Å². The highest BCUT2D eigenvalue weighted by Crippen LogP contribution is 2.44. The minimum atomic E-state index is -0.140. The van der Waals surface area contributed by atoms with Gasteiger partial charge in [0.05, 0.1) is 21.1 Å². The van der Waals surface area contributed by atoms with Gasteiger partial charge in [-0.05, 0) is 37.5 Å². The molecule has 0 aliphatic carbocycles. The third-order valence-corrected chi connectivity index (χ3v) is 7.73. The van der Waals surface area contributed by atoms with Crippen LogP contribution in [0.25, 0.3) is 0 Å². The molecule has 0 saturated carbocycles. The highest BCUT2D eigenvalue weighted by Gasteiger charge is 2.44. The average Bonchev–Trinajstić information content (AvgIpc) is 3.25. The van der Waals surface area contributed by atoms with Crippen LogP contribution in [0, 0.1) is 5.92 Å². The monoisotopic (exact) mass is 472 g/mol. The fourth-order valence-electron chi connectivity index (χ4n) is 4.13. The molecule has 3 aliphatic heterocycles. The largest absolute Gasteiger partial charge is 0.284 e. The maximum atomic E-state index is 13.1. The second-order valence-electron chi connectivity index (χ2n) is 7.59.